The molecule has 0 nitrogen and oxygen atoms in total. The van der Waals surface area contributed by atoms with Crippen molar-refractivity contribution in [1.29, 1.82) is 0 Å². The van der Waals surface area contributed by atoms with Crippen molar-refractivity contribution in [3.8, 4) is 22.3 Å². The lowest BCUT2D eigenvalue weighted by molar-refractivity contribution is 1.32. The normalized spacial score (nSPS) is 11.0. The molecule has 0 aliphatic carbocycles. The van der Waals surface area contributed by atoms with Crippen molar-refractivity contribution in [1.82, 2.24) is 0 Å². The van der Waals surface area contributed by atoms with Crippen molar-refractivity contribution in [2.75, 3.05) is 0 Å². The van der Waals surface area contributed by atoms with Crippen LogP contribution in [0.1, 0.15) is 16.7 Å². The average Bonchev–Trinajstić information content (AvgIpc) is 2.53. The highest BCUT2D eigenvalue weighted by atomic mass is 79.9. The molecule has 0 aromatic heterocycles. The van der Waals surface area contributed by atoms with Gasteiger partial charge in [0.1, 0.15) is 0 Å². The molecule has 0 bridgehead atoms. The highest BCUT2D eigenvalue weighted by Gasteiger charge is 2.19. The van der Waals surface area contributed by atoms with Gasteiger partial charge in [-0.15, -0.1) is 0 Å². The lowest BCUT2D eigenvalue weighted by atomic mass is 9.91. The minimum atomic E-state index is 1.08. The number of rotatable bonds is 2. The molecule has 3 aromatic carbocycles. The summed E-state index contributed by atoms with van der Waals surface area (Å²) in [4.78, 5) is 0. The molecule has 0 N–H and O–H groups in total. The first-order valence-corrected chi connectivity index (χ1v) is 11.0. The largest absolute Gasteiger partial charge is 0.0616 e. The molecular weight excluding hydrogens is 572 g/mol. The highest BCUT2D eigenvalue weighted by molar-refractivity contribution is 9.11. The van der Waals surface area contributed by atoms with Gasteiger partial charge in [0.25, 0.3) is 0 Å². The maximum Gasteiger partial charge on any atom is 0.0268 e. The van der Waals surface area contributed by atoms with Gasteiger partial charge in [-0.3, -0.25) is 0 Å². The fourth-order valence-corrected chi connectivity index (χ4v) is 5.96. The van der Waals surface area contributed by atoms with Crippen LogP contribution in [0.15, 0.2) is 60.4 Å². The van der Waals surface area contributed by atoms with E-state index in [1.807, 2.05) is 6.07 Å². The maximum absolute atomic E-state index is 3.77. The molecule has 0 saturated carbocycles. The van der Waals surface area contributed by atoms with Crippen LogP contribution < -0.4 is 0 Å². The van der Waals surface area contributed by atoms with Crippen LogP contribution in [0.2, 0.25) is 0 Å². The quantitative estimate of drug-likeness (QED) is 0.281. The Kier molecular flexibility index (Phi) is 5.94. The summed E-state index contributed by atoms with van der Waals surface area (Å²) in [5.74, 6) is 0. The smallest absolute Gasteiger partial charge is 0.0268 e. The summed E-state index contributed by atoms with van der Waals surface area (Å²) < 4.78 is 4.36. The molecule has 0 atom stereocenters. The van der Waals surface area contributed by atoms with Crippen LogP contribution in [0.3, 0.4) is 0 Å². The third-order valence-corrected chi connectivity index (χ3v) is 7.08. The van der Waals surface area contributed by atoms with E-state index in [-0.39, 0.29) is 0 Å². The van der Waals surface area contributed by atoms with Crippen molar-refractivity contribution in [3.05, 3.63) is 77.0 Å². The molecule has 0 unspecified atom stereocenters. The Labute approximate surface area is 182 Å². The second kappa shape index (κ2) is 7.67. The summed E-state index contributed by atoms with van der Waals surface area (Å²) in [6, 6.07) is 14.9. The molecule has 0 spiro atoms. The second-order valence-electron chi connectivity index (χ2n) is 6.11. The first kappa shape index (κ1) is 19.3. The van der Waals surface area contributed by atoms with E-state index in [0.29, 0.717) is 0 Å². The predicted octanol–water partition coefficient (Wildman–Crippen LogP) is 9.00. The third-order valence-electron chi connectivity index (χ3n) is 4.48. The molecule has 0 aliphatic rings. The Morgan fingerprint density at radius 1 is 0.560 bits per heavy atom. The molecule has 0 saturated heterocycles. The highest BCUT2D eigenvalue weighted by Crippen LogP contribution is 2.45. The molecule has 0 amide bonds. The molecule has 0 radical (unpaired) electrons. The van der Waals surface area contributed by atoms with E-state index < -0.39 is 0 Å². The monoisotopic (exact) mass is 584 g/mol. The van der Waals surface area contributed by atoms with Crippen LogP contribution in [0.25, 0.3) is 22.3 Å². The summed E-state index contributed by atoms with van der Waals surface area (Å²) in [5, 5.41) is 0. The standard InChI is InChI=1S/C21H16Br4/c1-11-8-15(17(23)9-12(11)2)21-13(3)20(18(24)10-19(21)25)14-6-4-5-7-16(14)22/h4-10H,1-3H3. The number of aryl methyl sites for hydroxylation is 2. The van der Waals surface area contributed by atoms with Gasteiger partial charge in [0.05, 0.1) is 0 Å². The fourth-order valence-electron chi connectivity index (χ4n) is 3.04. The fraction of sp³-hybridized carbons (Fsp3) is 0.143. The minimum absolute atomic E-state index is 1.08. The number of hydrogen-bond donors (Lipinski definition) is 0. The van der Waals surface area contributed by atoms with Gasteiger partial charge in [-0.1, -0.05) is 81.9 Å². The van der Waals surface area contributed by atoms with Crippen LogP contribution in [-0.4, -0.2) is 0 Å². The molecule has 3 aromatic rings. The van der Waals surface area contributed by atoms with Crippen molar-refractivity contribution in [2.45, 2.75) is 20.8 Å². The number of benzene rings is 3. The number of hydrogen-bond acceptors (Lipinski definition) is 0. The molecular formula is C21H16Br4. The summed E-state index contributed by atoms with van der Waals surface area (Å²) in [5.41, 5.74) is 8.60. The summed E-state index contributed by atoms with van der Waals surface area (Å²) in [6.07, 6.45) is 0. The molecule has 128 valence electrons. The Morgan fingerprint density at radius 2 is 1.12 bits per heavy atom. The summed E-state index contributed by atoms with van der Waals surface area (Å²) in [6.45, 7) is 6.48. The Balaban J connectivity index is 2.36. The Hall–Kier alpha value is -0.420. The van der Waals surface area contributed by atoms with Crippen LogP contribution in [0.5, 0.6) is 0 Å². The van der Waals surface area contributed by atoms with E-state index in [1.165, 1.54) is 38.9 Å². The van der Waals surface area contributed by atoms with Gasteiger partial charge in [-0.25, -0.2) is 0 Å². The molecule has 0 fully saturated rings. The van der Waals surface area contributed by atoms with Crippen LogP contribution in [0, 0.1) is 20.8 Å². The number of halogens is 4. The predicted molar refractivity (Wildman–Crippen MR) is 122 cm³/mol. The lowest BCUT2D eigenvalue weighted by Gasteiger charge is -2.19. The van der Waals surface area contributed by atoms with E-state index in [4.69, 9.17) is 0 Å². The van der Waals surface area contributed by atoms with Crippen molar-refractivity contribution in [3.63, 3.8) is 0 Å². The van der Waals surface area contributed by atoms with E-state index in [1.54, 1.807) is 0 Å². The molecule has 4 heteroatoms. The molecule has 0 aliphatic heterocycles. The zero-order chi connectivity index (χ0) is 18.3. The Morgan fingerprint density at radius 3 is 1.76 bits per heavy atom. The topological polar surface area (TPSA) is 0 Å². The van der Waals surface area contributed by atoms with Gasteiger partial charge < -0.3 is 0 Å². The zero-order valence-electron chi connectivity index (χ0n) is 14.1. The van der Waals surface area contributed by atoms with Gasteiger partial charge in [0, 0.05) is 29.0 Å². The minimum Gasteiger partial charge on any atom is -0.0616 e. The average molecular weight is 588 g/mol. The summed E-state index contributed by atoms with van der Waals surface area (Å²) >= 11 is 15.0. The zero-order valence-corrected chi connectivity index (χ0v) is 20.4. The van der Waals surface area contributed by atoms with E-state index >= 15 is 0 Å². The van der Waals surface area contributed by atoms with Gasteiger partial charge in [-0.2, -0.15) is 0 Å². The van der Waals surface area contributed by atoms with Gasteiger partial charge >= 0.3 is 0 Å². The van der Waals surface area contributed by atoms with Crippen molar-refractivity contribution >= 4 is 63.7 Å². The van der Waals surface area contributed by atoms with Gasteiger partial charge in [-0.05, 0) is 72.9 Å². The lowest BCUT2D eigenvalue weighted by Crippen LogP contribution is -1.95. The van der Waals surface area contributed by atoms with E-state index in [2.05, 4.69) is 121 Å². The van der Waals surface area contributed by atoms with Gasteiger partial charge in [0.2, 0.25) is 0 Å². The van der Waals surface area contributed by atoms with E-state index in [9.17, 15) is 0 Å². The summed E-state index contributed by atoms with van der Waals surface area (Å²) in [7, 11) is 0. The van der Waals surface area contributed by atoms with Crippen LogP contribution in [-0.2, 0) is 0 Å². The van der Waals surface area contributed by atoms with Crippen molar-refractivity contribution in [2.24, 2.45) is 0 Å². The van der Waals surface area contributed by atoms with Gasteiger partial charge in [0.15, 0.2) is 0 Å². The maximum atomic E-state index is 3.77. The third kappa shape index (κ3) is 3.69. The molecule has 25 heavy (non-hydrogen) atoms. The molecule has 3 rings (SSSR count). The Bertz CT molecular complexity index is 974. The van der Waals surface area contributed by atoms with Crippen LogP contribution >= 0.6 is 63.7 Å². The first-order chi connectivity index (χ1) is 11.8. The van der Waals surface area contributed by atoms with Crippen molar-refractivity contribution < 1.29 is 0 Å². The second-order valence-corrected chi connectivity index (χ2v) is 9.53. The van der Waals surface area contributed by atoms with Crippen LogP contribution in [0.4, 0.5) is 0 Å². The SMILES string of the molecule is Cc1cc(Br)c(-c2c(Br)cc(Br)c(-c3ccccc3Br)c2C)cc1C. The molecule has 0 heterocycles. The van der Waals surface area contributed by atoms with E-state index in [0.717, 1.165) is 17.9 Å². The first-order valence-electron chi connectivity index (χ1n) is 7.82.